The topological polar surface area (TPSA) is 119 Å². The number of carbonyl (C=O) groups is 2. The SMILES string of the molecule is CC(C)=C1OC(=O)N(c2cc(OC3CCCC3)c(Cl)cc2F)C1=O.CCNc1nc(Cl)nc(NC(C)C)n1. The maximum absolute atomic E-state index is 14.3. The molecule has 206 valence electrons. The second kappa shape index (κ2) is 13.1. The molecule has 0 radical (unpaired) electrons. The van der Waals surface area contributed by atoms with Gasteiger partial charge in [0, 0.05) is 18.7 Å². The first-order valence-corrected chi connectivity index (χ1v) is 13.1. The van der Waals surface area contributed by atoms with Crippen molar-refractivity contribution in [3.63, 3.8) is 0 Å². The van der Waals surface area contributed by atoms with Crippen molar-refractivity contribution in [3.8, 4) is 5.75 Å². The van der Waals surface area contributed by atoms with Gasteiger partial charge in [0.1, 0.15) is 11.6 Å². The minimum Gasteiger partial charge on any atom is -0.489 e. The molecule has 1 saturated carbocycles. The molecule has 38 heavy (non-hydrogen) atoms. The number of anilines is 3. The lowest BCUT2D eigenvalue weighted by molar-refractivity contribution is -0.114. The van der Waals surface area contributed by atoms with Crippen molar-refractivity contribution in [2.45, 2.75) is 72.4 Å². The Bertz CT molecular complexity index is 1220. The van der Waals surface area contributed by atoms with Crippen LogP contribution in [-0.2, 0) is 9.53 Å². The van der Waals surface area contributed by atoms with Crippen LogP contribution in [0.25, 0.3) is 0 Å². The van der Waals surface area contributed by atoms with Crippen molar-refractivity contribution in [3.05, 3.63) is 39.6 Å². The lowest BCUT2D eigenvalue weighted by Gasteiger charge is -2.18. The number of nitrogens with one attached hydrogen (secondary N) is 2. The molecule has 13 heteroatoms. The van der Waals surface area contributed by atoms with Crippen LogP contribution in [0.5, 0.6) is 5.75 Å². The molecule has 10 nitrogen and oxygen atoms in total. The number of benzene rings is 1. The summed E-state index contributed by atoms with van der Waals surface area (Å²) in [4.78, 5) is 37.0. The molecule has 1 aliphatic heterocycles. The Labute approximate surface area is 230 Å². The summed E-state index contributed by atoms with van der Waals surface area (Å²) < 4.78 is 25.1. The number of amides is 2. The predicted molar refractivity (Wildman–Crippen MR) is 144 cm³/mol. The monoisotopic (exact) mass is 568 g/mol. The zero-order chi connectivity index (χ0) is 28.0. The number of nitrogens with zero attached hydrogens (tertiary/aromatic N) is 4. The third-order valence-corrected chi connectivity index (χ3v) is 5.89. The molecule has 2 fully saturated rings. The Morgan fingerprint density at radius 2 is 1.82 bits per heavy atom. The van der Waals surface area contributed by atoms with E-state index in [9.17, 15) is 14.0 Å². The van der Waals surface area contributed by atoms with Crippen molar-refractivity contribution in [1.29, 1.82) is 0 Å². The zero-order valence-electron chi connectivity index (χ0n) is 21.9. The number of rotatable bonds is 7. The van der Waals surface area contributed by atoms with E-state index >= 15 is 0 Å². The fraction of sp³-hybridized carbons (Fsp3) is 0.480. The van der Waals surface area contributed by atoms with Crippen LogP contribution in [0.2, 0.25) is 10.3 Å². The van der Waals surface area contributed by atoms with Gasteiger partial charge < -0.3 is 20.1 Å². The van der Waals surface area contributed by atoms with Crippen molar-refractivity contribution >= 4 is 52.8 Å². The second-order valence-electron chi connectivity index (χ2n) is 9.18. The lowest BCUT2D eigenvalue weighted by atomic mass is 10.2. The molecule has 0 bridgehead atoms. The molecule has 1 aromatic carbocycles. The third kappa shape index (κ3) is 7.44. The van der Waals surface area contributed by atoms with Crippen LogP contribution in [0.3, 0.4) is 0 Å². The quantitative estimate of drug-likeness (QED) is 0.368. The van der Waals surface area contributed by atoms with Gasteiger partial charge in [-0.25, -0.2) is 14.1 Å². The van der Waals surface area contributed by atoms with E-state index in [0.29, 0.717) is 22.4 Å². The number of imide groups is 1. The first-order chi connectivity index (χ1) is 18.0. The molecule has 1 saturated heterocycles. The number of aromatic nitrogens is 3. The van der Waals surface area contributed by atoms with Crippen LogP contribution in [0, 0.1) is 5.82 Å². The fourth-order valence-electron chi connectivity index (χ4n) is 3.76. The molecule has 0 atom stereocenters. The molecule has 2 aliphatic rings. The van der Waals surface area contributed by atoms with Crippen LogP contribution >= 0.6 is 23.2 Å². The van der Waals surface area contributed by atoms with Crippen molar-refractivity contribution in [2.24, 2.45) is 0 Å². The van der Waals surface area contributed by atoms with Gasteiger partial charge in [-0.15, -0.1) is 0 Å². The average molecular weight is 569 g/mol. The van der Waals surface area contributed by atoms with Crippen LogP contribution in [0.4, 0.5) is 26.8 Å². The first-order valence-electron chi connectivity index (χ1n) is 12.3. The van der Waals surface area contributed by atoms with E-state index in [0.717, 1.165) is 38.3 Å². The number of hydrogen-bond acceptors (Lipinski definition) is 9. The molecule has 2 heterocycles. The average Bonchev–Trinajstić information content (AvgIpc) is 3.43. The van der Waals surface area contributed by atoms with Crippen LogP contribution in [0.1, 0.15) is 60.3 Å². The van der Waals surface area contributed by atoms with Gasteiger partial charge in [0.25, 0.3) is 0 Å². The summed E-state index contributed by atoms with van der Waals surface area (Å²) in [6.45, 7) is 10.00. The lowest BCUT2D eigenvalue weighted by Crippen LogP contribution is -2.29. The number of allylic oxidation sites excluding steroid dienone is 1. The van der Waals surface area contributed by atoms with Crippen LogP contribution in [0.15, 0.2) is 23.5 Å². The Morgan fingerprint density at radius 1 is 1.16 bits per heavy atom. The first kappa shape index (κ1) is 29.4. The zero-order valence-corrected chi connectivity index (χ0v) is 23.4. The van der Waals surface area contributed by atoms with Gasteiger partial charge in [-0.05, 0) is 83.5 Å². The standard InChI is InChI=1S/C17H17ClFNO4.C8H14ClN5/c1-9(2)15-16(21)20(17(22)24-15)13-8-14(11(18)7-12(13)19)23-10-5-3-4-6-10;1-4-10-7-12-6(9)13-8(14-7)11-5(2)3/h7-8,10H,3-6H2,1-2H3;5H,4H2,1-3H3,(H2,10,11,12,13,14). The molecule has 1 aromatic heterocycles. The Balaban J connectivity index is 0.000000244. The van der Waals surface area contributed by atoms with Gasteiger partial charge in [0.2, 0.25) is 17.2 Å². The summed E-state index contributed by atoms with van der Waals surface area (Å²) in [5.74, 6) is -0.336. The molecular formula is C25H31Cl2FN6O4. The van der Waals surface area contributed by atoms with E-state index in [1.165, 1.54) is 6.07 Å². The van der Waals surface area contributed by atoms with Gasteiger partial charge >= 0.3 is 12.0 Å². The van der Waals surface area contributed by atoms with E-state index in [-0.39, 0.29) is 39.6 Å². The highest BCUT2D eigenvalue weighted by atomic mass is 35.5. The summed E-state index contributed by atoms with van der Waals surface area (Å²) in [5.41, 5.74) is 0.311. The number of halogens is 3. The van der Waals surface area contributed by atoms with E-state index in [4.69, 9.17) is 32.7 Å². The molecular weight excluding hydrogens is 538 g/mol. The van der Waals surface area contributed by atoms with Crippen molar-refractivity contribution in [2.75, 3.05) is 22.1 Å². The fourth-order valence-corrected chi connectivity index (χ4v) is 4.12. The second-order valence-corrected chi connectivity index (χ2v) is 9.92. The Morgan fingerprint density at radius 3 is 2.39 bits per heavy atom. The Hall–Kier alpha value is -3.18. The molecule has 2 aromatic rings. The molecule has 2 amide bonds. The van der Waals surface area contributed by atoms with Gasteiger partial charge in [0.15, 0.2) is 5.76 Å². The largest absolute Gasteiger partial charge is 0.489 e. The normalized spacial score (nSPS) is 15.4. The van der Waals surface area contributed by atoms with Crippen molar-refractivity contribution < 1.29 is 23.5 Å². The van der Waals surface area contributed by atoms with Gasteiger partial charge in [-0.3, -0.25) is 4.79 Å². The maximum atomic E-state index is 14.3. The minimum absolute atomic E-state index is 0.00962. The van der Waals surface area contributed by atoms with E-state index in [1.807, 2.05) is 20.8 Å². The van der Waals surface area contributed by atoms with Crippen molar-refractivity contribution in [1.82, 2.24) is 15.0 Å². The predicted octanol–water partition coefficient (Wildman–Crippen LogP) is 6.35. The summed E-state index contributed by atoms with van der Waals surface area (Å²) in [5, 5.41) is 6.33. The van der Waals surface area contributed by atoms with E-state index < -0.39 is 17.8 Å². The maximum Gasteiger partial charge on any atom is 0.427 e. The Kier molecular flexibility index (Phi) is 10.1. The van der Waals surface area contributed by atoms with Gasteiger partial charge in [-0.2, -0.15) is 15.0 Å². The molecule has 1 aliphatic carbocycles. The summed E-state index contributed by atoms with van der Waals surface area (Å²) in [6.07, 6.45) is 3.00. The number of cyclic esters (lactones) is 1. The summed E-state index contributed by atoms with van der Waals surface area (Å²) >= 11 is 11.8. The highest BCUT2D eigenvalue weighted by molar-refractivity contribution is 6.32. The number of carbonyl (C=O) groups excluding carboxylic acids is 2. The number of hydrogen-bond donors (Lipinski definition) is 2. The highest BCUT2D eigenvalue weighted by Crippen LogP contribution is 2.37. The van der Waals surface area contributed by atoms with Crippen LogP contribution < -0.4 is 20.3 Å². The highest BCUT2D eigenvalue weighted by Gasteiger charge is 2.40. The van der Waals surface area contributed by atoms with Crippen LogP contribution in [-0.4, -0.2) is 45.6 Å². The summed E-state index contributed by atoms with van der Waals surface area (Å²) in [7, 11) is 0. The molecule has 2 N–H and O–H groups in total. The van der Waals surface area contributed by atoms with Gasteiger partial charge in [0.05, 0.1) is 16.8 Å². The molecule has 0 unspecified atom stereocenters. The summed E-state index contributed by atoms with van der Waals surface area (Å²) in [6, 6.07) is 2.59. The van der Waals surface area contributed by atoms with E-state index in [1.54, 1.807) is 13.8 Å². The number of ether oxygens (including phenoxy) is 2. The smallest absolute Gasteiger partial charge is 0.427 e. The van der Waals surface area contributed by atoms with E-state index in [2.05, 4.69) is 25.6 Å². The minimum atomic E-state index is -0.941. The van der Waals surface area contributed by atoms with Gasteiger partial charge in [-0.1, -0.05) is 11.6 Å². The molecule has 4 rings (SSSR count). The third-order valence-electron chi connectivity index (χ3n) is 5.42. The molecule has 0 spiro atoms.